The second-order valence-electron chi connectivity index (χ2n) is 4.79. The van der Waals surface area contributed by atoms with Crippen LogP contribution < -0.4 is 0 Å². The van der Waals surface area contributed by atoms with Crippen LogP contribution in [0.1, 0.15) is 12.8 Å². The third-order valence-corrected chi connectivity index (χ3v) is 8.62. The molecule has 0 N–H and O–H groups in total. The zero-order chi connectivity index (χ0) is 13.1. The molecule has 1 aliphatic heterocycles. The second-order valence-corrected chi connectivity index (χ2v) is 9.96. The molecule has 0 spiro atoms. The van der Waals surface area contributed by atoms with Crippen LogP contribution in [-0.2, 0) is 0 Å². The van der Waals surface area contributed by atoms with Gasteiger partial charge in [0.25, 0.3) is 0 Å². The fourth-order valence-electron chi connectivity index (χ4n) is 2.07. The second kappa shape index (κ2) is 11.4. The SMILES string of the molecule is CSCC1(CSC)CSCCCSCCCSC1. The van der Waals surface area contributed by atoms with Gasteiger partial charge in [-0.15, -0.1) is 0 Å². The molecule has 0 nitrogen and oxygen atoms in total. The van der Waals surface area contributed by atoms with Crippen molar-refractivity contribution < 1.29 is 0 Å². The minimum absolute atomic E-state index is 0.570. The van der Waals surface area contributed by atoms with Gasteiger partial charge in [-0.25, -0.2) is 0 Å². The smallest absolute Gasteiger partial charge is 0.00647 e. The number of hydrogen-bond donors (Lipinski definition) is 0. The molecular formula is C13H26S5. The summed E-state index contributed by atoms with van der Waals surface area (Å²) in [4.78, 5) is 0. The highest BCUT2D eigenvalue weighted by molar-refractivity contribution is 8.02. The molecule has 108 valence electrons. The van der Waals surface area contributed by atoms with Crippen LogP contribution in [0.4, 0.5) is 0 Å². The first-order valence-electron chi connectivity index (χ1n) is 6.54. The molecule has 0 saturated carbocycles. The van der Waals surface area contributed by atoms with Crippen LogP contribution in [0, 0.1) is 5.41 Å². The lowest BCUT2D eigenvalue weighted by Gasteiger charge is -2.32. The molecule has 18 heavy (non-hydrogen) atoms. The van der Waals surface area contributed by atoms with Crippen LogP contribution in [0.25, 0.3) is 0 Å². The van der Waals surface area contributed by atoms with Crippen LogP contribution in [0.15, 0.2) is 0 Å². The van der Waals surface area contributed by atoms with E-state index < -0.39 is 0 Å². The molecule has 1 heterocycles. The molecule has 1 rings (SSSR count). The van der Waals surface area contributed by atoms with Gasteiger partial charge in [0, 0.05) is 28.4 Å². The van der Waals surface area contributed by atoms with Crippen molar-refractivity contribution in [2.24, 2.45) is 5.41 Å². The van der Waals surface area contributed by atoms with Gasteiger partial charge in [0.05, 0.1) is 0 Å². The van der Waals surface area contributed by atoms with Crippen LogP contribution >= 0.6 is 58.8 Å². The minimum Gasteiger partial charge on any atom is -0.165 e. The van der Waals surface area contributed by atoms with E-state index in [0.717, 1.165) is 0 Å². The summed E-state index contributed by atoms with van der Waals surface area (Å²) in [5.74, 6) is 10.9. The van der Waals surface area contributed by atoms with Crippen molar-refractivity contribution in [1.82, 2.24) is 0 Å². The van der Waals surface area contributed by atoms with Gasteiger partial charge in [0.1, 0.15) is 0 Å². The Labute approximate surface area is 135 Å². The van der Waals surface area contributed by atoms with Crippen LogP contribution in [0.2, 0.25) is 0 Å². The predicted molar refractivity (Wildman–Crippen MR) is 100 cm³/mol. The molecule has 0 aromatic rings. The Hall–Kier alpha value is 1.75. The van der Waals surface area contributed by atoms with Gasteiger partial charge in [-0.1, -0.05) is 0 Å². The lowest BCUT2D eigenvalue weighted by atomic mass is 9.99. The third-order valence-electron chi connectivity index (χ3n) is 2.87. The molecule has 0 aromatic heterocycles. The summed E-state index contributed by atoms with van der Waals surface area (Å²) in [5.41, 5.74) is 0.570. The summed E-state index contributed by atoms with van der Waals surface area (Å²) in [5, 5.41) is 0. The topological polar surface area (TPSA) is 0 Å². The maximum atomic E-state index is 2.27. The molecule has 1 fully saturated rings. The Bertz CT molecular complexity index is 178. The zero-order valence-corrected chi connectivity index (χ0v) is 15.7. The van der Waals surface area contributed by atoms with E-state index in [1.54, 1.807) is 0 Å². The maximum absolute atomic E-state index is 2.27. The molecule has 0 atom stereocenters. The third kappa shape index (κ3) is 7.51. The van der Waals surface area contributed by atoms with Crippen LogP contribution in [0.3, 0.4) is 0 Å². The maximum Gasteiger partial charge on any atom is 0.00647 e. The van der Waals surface area contributed by atoms with Gasteiger partial charge >= 0.3 is 0 Å². The highest BCUT2D eigenvalue weighted by Crippen LogP contribution is 2.34. The molecule has 0 radical (unpaired) electrons. The first-order valence-corrected chi connectivity index (χ1v) is 12.8. The van der Waals surface area contributed by atoms with Gasteiger partial charge in [-0.3, -0.25) is 0 Å². The van der Waals surface area contributed by atoms with E-state index in [2.05, 4.69) is 47.8 Å². The molecule has 0 bridgehead atoms. The number of rotatable bonds is 4. The fraction of sp³-hybridized carbons (Fsp3) is 1.00. The largest absolute Gasteiger partial charge is 0.165 e. The molecule has 0 amide bonds. The average molecular weight is 343 g/mol. The van der Waals surface area contributed by atoms with Crippen molar-refractivity contribution in [3.63, 3.8) is 0 Å². The van der Waals surface area contributed by atoms with Crippen molar-refractivity contribution in [1.29, 1.82) is 0 Å². The normalized spacial score (nSPS) is 23.0. The van der Waals surface area contributed by atoms with Crippen molar-refractivity contribution >= 4 is 58.8 Å². The first kappa shape index (κ1) is 17.8. The van der Waals surface area contributed by atoms with Gasteiger partial charge in [-0.05, 0) is 48.4 Å². The van der Waals surface area contributed by atoms with Crippen molar-refractivity contribution in [2.75, 3.05) is 58.5 Å². The Balaban J connectivity index is 2.51. The highest BCUT2D eigenvalue weighted by atomic mass is 32.2. The summed E-state index contributed by atoms with van der Waals surface area (Å²) in [6, 6.07) is 0. The fourth-order valence-corrected chi connectivity index (χ4v) is 8.41. The van der Waals surface area contributed by atoms with Crippen LogP contribution in [-0.4, -0.2) is 58.5 Å². The summed E-state index contributed by atoms with van der Waals surface area (Å²) in [6.07, 6.45) is 7.34. The summed E-state index contributed by atoms with van der Waals surface area (Å²) < 4.78 is 0. The Morgan fingerprint density at radius 3 is 1.67 bits per heavy atom. The monoisotopic (exact) mass is 342 g/mol. The zero-order valence-electron chi connectivity index (χ0n) is 11.6. The van der Waals surface area contributed by atoms with Gasteiger partial charge in [0.2, 0.25) is 0 Å². The molecular weight excluding hydrogens is 316 g/mol. The van der Waals surface area contributed by atoms with Crippen LogP contribution in [0.5, 0.6) is 0 Å². The lowest BCUT2D eigenvalue weighted by molar-refractivity contribution is 0.516. The van der Waals surface area contributed by atoms with E-state index in [1.165, 1.54) is 58.9 Å². The molecule has 0 aliphatic carbocycles. The summed E-state index contributed by atoms with van der Waals surface area (Å²) >= 11 is 10.6. The number of thioether (sulfide) groups is 5. The quantitative estimate of drug-likeness (QED) is 0.724. The molecule has 1 aliphatic rings. The van der Waals surface area contributed by atoms with Gasteiger partial charge < -0.3 is 0 Å². The first-order chi connectivity index (χ1) is 8.83. The molecule has 0 unspecified atom stereocenters. The average Bonchev–Trinajstić information content (AvgIpc) is 2.34. The Morgan fingerprint density at radius 2 is 1.22 bits per heavy atom. The van der Waals surface area contributed by atoms with E-state index >= 15 is 0 Å². The van der Waals surface area contributed by atoms with Crippen molar-refractivity contribution in [3.8, 4) is 0 Å². The van der Waals surface area contributed by atoms with E-state index in [0.29, 0.717) is 5.41 Å². The summed E-state index contributed by atoms with van der Waals surface area (Å²) in [6.45, 7) is 0. The van der Waals surface area contributed by atoms with E-state index in [9.17, 15) is 0 Å². The standard InChI is InChI=1S/C13H26S5/c1-14-9-13(10-15-2)11-17-7-3-5-16-6-4-8-18-12-13/h3-12H2,1-2H3. The molecule has 0 aromatic carbocycles. The minimum atomic E-state index is 0.570. The van der Waals surface area contributed by atoms with E-state index in [1.807, 2.05) is 23.5 Å². The Kier molecular flexibility index (Phi) is 11.3. The van der Waals surface area contributed by atoms with E-state index in [4.69, 9.17) is 0 Å². The number of hydrogen-bond acceptors (Lipinski definition) is 5. The van der Waals surface area contributed by atoms with Gasteiger partial charge in [-0.2, -0.15) is 58.8 Å². The lowest BCUT2D eigenvalue weighted by Crippen LogP contribution is -2.33. The van der Waals surface area contributed by atoms with Gasteiger partial charge in [0.15, 0.2) is 0 Å². The summed E-state index contributed by atoms with van der Waals surface area (Å²) in [7, 11) is 0. The highest BCUT2D eigenvalue weighted by Gasteiger charge is 2.29. The molecule has 5 heteroatoms. The Morgan fingerprint density at radius 1 is 0.778 bits per heavy atom. The van der Waals surface area contributed by atoms with Crippen molar-refractivity contribution in [2.45, 2.75) is 12.8 Å². The molecule has 1 saturated heterocycles. The van der Waals surface area contributed by atoms with Crippen molar-refractivity contribution in [3.05, 3.63) is 0 Å². The predicted octanol–water partition coefficient (Wildman–Crippen LogP) is 4.69. The van der Waals surface area contributed by atoms with E-state index in [-0.39, 0.29) is 0 Å².